The Morgan fingerprint density at radius 1 is 1.29 bits per heavy atom. The molecule has 2 aromatic rings. The van der Waals surface area contributed by atoms with E-state index in [-0.39, 0.29) is 30.0 Å². The number of hydrogen-bond acceptors (Lipinski definition) is 3. The number of carbonyl (C=O) groups excluding carboxylic acids is 1. The highest BCUT2D eigenvalue weighted by Crippen LogP contribution is 2.48. The first kappa shape index (κ1) is 16.4. The van der Waals surface area contributed by atoms with Gasteiger partial charge in [0.2, 0.25) is 0 Å². The zero-order valence-electron chi connectivity index (χ0n) is 13.0. The fourth-order valence-electron chi connectivity index (χ4n) is 3.03. The quantitative estimate of drug-likeness (QED) is 0.816. The molecule has 0 saturated heterocycles. The predicted octanol–water partition coefficient (Wildman–Crippen LogP) is 4.39. The molecule has 0 saturated carbocycles. The van der Waals surface area contributed by atoms with Crippen molar-refractivity contribution < 1.29 is 22.7 Å². The van der Waals surface area contributed by atoms with Crippen LogP contribution in [0.3, 0.4) is 0 Å². The van der Waals surface area contributed by atoms with E-state index in [9.17, 15) is 18.0 Å². The number of benzene rings is 1. The van der Waals surface area contributed by atoms with Crippen LogP contribution in [0.25, 0.3) is 0 Å². The maximum absolute atomic E-state index is 13.5. The van der Waals surface area contributed by atoms with Gasteiger partial charge in [0.25, 0.3) is 0 Å². The van der Waals surface area contributed by atoms with Crippen LogP contribution in [0.4, 0.5) is 18.9 Å². The zero-order chi connectivity index (χ0) is 17.3. The van der Waals surface area contributed by atoms with Crippen molar-refractivity contribution in [3.8, 4) is 0 Å². The molecule has 0 fully saturated rings. The average molecular weight is 338 g/mol. The van der Waals surface area contributed by atoms with Crippen molar-refractivity contribution in [2.24, 2.45) is 0 Å². The van der Waals surface area contributed by atoms with Crippen LogP contribution in [-0.4, -0.2) is 23.7 Å². The first-order valence-electron chi connectivity index (χ1n) is 7.68. The van der Waals surface area contributed by atoms with Crippen LogP contribution >= 0.6 is 0 Å². The van der Waals surface area contributed by atoms with E-state index in [1.165, 1.54) is 6.20 Å². The van der Waals surface area contributed by atoms with Crippen molar-refractivity contribution in [2.45, 2.75) is 31.5 Å². The molecule has 2 atom stereocenters. The van der Waals surface area contributed by atoms with Crippen molar-refractivity contribution >= 4 is 11.7 Å². The molecule has 1 aromatic heterocycles. The molecule has 128 valence electrons. The van der Waals surface area contributed by atoms with E-state index in [2.05, 4.69) is 10.3 Å². The second-order valence-electron chi connectivity index (χ2n) is 5.65. The van der Waals surface area contributed by atoms with Crippen LogP contribution in [-0.2, 0) is 4.74 Å². The van der Waals surface area contributed by atoms with Gasteiger partial charge in [-0.2, -0.15) is 13.2 Å². The number of hydrogen-bond donors (Lipinski definition) is 2. The van der Waals surface area contributed by atoms with E-state index < -0.39 is 24.1 Å². The highest BCUT2D eigenvalue weighted by molar-refractivity contribution is 5.96. The Kier molecular flexibility index (Phi) is 4.26. The highest BCUT2D eigenvalue weighted by atomic mass is 19.4. The number of aromatic nitrogens is 1. The minimum absolute atomic E-state index is 0.0160. The number of ether oxygens (including phenoxy) is 1. The Labute approximate surface area is 137 Å². The molecule has 2 unspecified atom stereocenters. The lowest BCUT2D eigenvalue weighted by molar-refractivity contribution is -0.154. The fraction of sp³-hybridized carbons (Fsp3) is 0.353. The Morgan fingerprint density at radius 2 is 2.00 bits per heavy atom. The number of anilines is 1. The molecule has 0 bridgehead atoms. The first-order valence-corrected chi connectivity index (χ1v) is 7.68. The summed E-state index contributed by atoms with van der Waals surface area (Å²) in [6.07, 6.45) is -3.26. The van der Waals surface area contributed by atoms with E-state index in [0.717, 1.165) is 5.56 Å². The van der Waals surface area contributed by atoms with E-state index >= 15 is 0 Å². The standard InChI is InChI=1S/C17H17F3N2O2/c1-2-24-16(23)11-9-21-15-12(17(18,19)20)8-13(22-14(11)15)10-6-4-3-5-7-10/h3-7,9,12-13,21-22H,2,8H2,1H3. The van der Waals surface area contributed by atoms with Gasteiger partial charge in [-0.3, -0.25) is 0 Å². The van der Waals surface area contributed by atoms with Crippen molar-refractivity contribution in [2.75, 3.05) is 11.9 Å². The summed E-state index contributed by atoms with van der Waals surface area (Å²) in [5.74, 6) is -2.31. The molecule has 4 nitrogen and oxygen atoms in total. The lowest BCUT2D eigenvalue weighted by Crippen LogP contribution is -2.30. The normalized spacial score (nSPS) is 20.2. The molecule has 1 aliphatic heterocycles. The van der Waals surface area contributed by atoms with Crippen LogP contribution in [0.15, 0.2) is 36.5 Å². The number of H-pyrrole nitrogens is 1. The second kappa shape index (κ2) is 6.22. The monoisotopic (exact) mass is 338 g/mol. The summed E-state index contributed by atoms with van der Waals surface area (Å²) >= 11 is 0. The van der Waals surface area contributed by atoms with Crippen molar-refractivity contribution in [1.29, 1.82) is 0 Å². The highest BCUT2D eigenvalue weighted by Gasteiger charge is 2.47. The van der Waals surface area contributed by atoms with Gasteiger partial charge in [0.1, 0.15) is 5.56 Å². The molecule has 1 aromatic carbocycles. The van der Waals surface area contributed by atoms with Gasteiger partial charge in [0, 0.05) is 6.20 Å². The summed E-state index contributed by atoms with van der Waals surface area (Å²) < 4.78 is 45.4. The van der Waals surface area contributed by atoms with E-state index in [0.29, 0.717) is 0 Å². The molecule has 1 aliphatic rings. The summed E-state index contributed by atoms with van der Waals surface area (Å²) in [6.45, 7) is 1.80. The molecular formula is C17H17F3N2O2. The fourth-order valence-corrected chi connectivity index (χ4v) is 3.03. The Balaban J connectivity index is 2.03. The summed E-state index contributed by atoms with van der Waals surface area (Å²) in [7, 11) is 0. The van der Waals surface area contributed by atoms with Crippen molar-refractivity contribution in [3.05, 3.63) is 53.3 Å². The summed E-state index contributed by atoms with van der Waals surface area (Å²) in [5.41, 5.74) is 1.00. The number of nitrogens with one attached hydrogen (secondary N) is 2. The number of esters is 1. The minimum atomic E-state index is -4.40. The first-order chi connectivity index (χ1) is 11.4. The van der Waals surface area contributed by atoms with Crippen molar-refractivity contribution in [1.82, 2.24) is 4.98 Å². The maximum Gasteiger partial charge on any atom is 0.397 e. The average Bonchev–Trinajstić information content (AvgIpc) is 2.98. The van der Waals surface area contributed by atoms with Crippen LogP contribution < -0.4 is 5.32 Å². The predicted molar refractivity (Wildman–Crippen MR) is 83.0 cm³/mol. The van der Waals surface area contributed by atoms with Crippen LogP contribution in [0.2, 0.25) is 0 Å². The topological polar surface area (TPSA) is 54.1 Å². The number of aromatic amines is 1. The SMILES string of the molecule is CCOC(=O)c1c[nH]c2c1NC(c1ccccc1)CC2C(F)(F)F. The number of carbonyl (C=O) groups is 1. The molecule has 2 heterocycles. The summed E-state index contributed by atoms with van der Waals surface area (Å²) in [5, 5.41) is 3.07. The van der Waals surface area contributed by atoms with E-state index in [1.807, 2.05) is 0 Å². The maximum atomic E-state index is 13.5. The van der Waals surface area contributed by atoms with Gasteiger partial charge in [0.05, 0.1) is 29.9 Å². The summed E-state index contributed by atoms with van der Waals surface area (Å²) in [6, 6.07) is 8.37. The molecule has 0 radical (unpaired) electrons. The van der Waals surface area contributed by atoms with Gasteiger partial charge in [0.15, 0.2) is 0 Å². The molecule has 0 aliphatic carbocycles. The molecule has 24 heavy (non-hydrogen) atoms. The lowest BCUT2D eigenvalue weighted by Gasteiger charge is -2.33. The van der Waals surface area contributed by atoms with Gasteiger partial charge in [-0.15, -0.1) is 0 Å². The molecule has 3 rings (SSSR count). The number of fused-ring (bicyclic) bond motifs is 1. The number of halogens is 3. The Bertz CT molecular complexity index is 725. The third-order valence-electron chi connectivity index (χ3n) is 4.14. The van der Waals surface area contributed by atoms with Crippen LogP contribution in [0.5, 0.6) is 0 Å². The largest absolute Gasteiger partial charge is 0.462 e. The summed E-state index contributed by atoms with van der Waals surface area (Å²) in [4.78, 5) is 14.6. The molecule has 0 amide bonds. The van der Waals surface area contributed by atoms with E-state index in [1.54, 1.807) is 37.3 Å². The van der Waals surface area contributed by atoms with Gasteiger partial charge in [-0.05, 0) is 18.9 Å². The van der Waals surface area contributed by atoms with Gasteiger partial charge in [-0.1, -0.05) is 30.3 Å². The molecule has 7 heteroatoms. The second-order valence-corrected chi connectivity index (χ2v) is 5.65. The minimum Gasteiger partial charge on any atom is -0.462 e. The van der Waals surface area contributed by atoms with Crippen LogP contribution in [0.1, 0.15) is 46.9 Å². The molecule has 0 spiro atoms. The third-order valence-corrected chi connectivity index (χ3v) is 4.14. The Morgan fingerprint density at radius 3 is 2.62 bits per heavy atom. The third kappa shape index (κ3) is 2.98. The smallest absolute Gasteiger partial charge is 0.397 e. The number of alkyl halides is 3. The van der Waals surface area contributed by atoms with Gasteiger partial charge in [-0.25, -0.2) is 4.79 Å². The van der Waals surface area contributed by atoms with Gasteiger partial charge >= 0.3 is 12.1 Å². The van der Waals surface area contributed by atoms with Gasteiger partial charge < -0.3 is 15.0 Å². The lowest BCUT2D eigenvalue weighted by atomic mass is 9.87. The molecular weight excluding hydrogens is 321 g/mol. The zero-order valence-corrected chi connectivity index (χ0v) is 13.0. The Hall–Kier alpha value is -2.44. The molecule has 2 N–H and O–H groups in total. The van der Waals surface area contributed by atoms with Crippen LogP contribution in [0, 0.1) is 0 Å². The van der Waals surface area contributed by atoms with Crippen molar-refractivity contribution in [3.63, 3.8) is 0 Å². The van der Waals surface area contributed by atoms with E-state index in [4.69, 9.17) is 4.74 Å². The number of rotatable bonds is 3.